The summed E-state index contributed by atoms with van der Waals surface area (Å²) in [5.74, 6) is 1.06. The summed E-state index contributed by atoms with van der Waals surface area (Å²) in [7, 11) is 1.67. The minimum Gasteiger partial charge on any atom is -0.497 e. The lowest BCUT2D eigenvalue weighted by Gasteiger charge is -2.23. The third kappa shape index (κ3) is 2.78. The van der Waals surface area contributed by atoms with Gasteiger partial charge >= 0.3 is 0 Å². The molecule has 0 saturated carbocycles. The molecule has 0 saturated heterocycles. The third-order valence-corrected chi connectivity index (χ3v) is 4.44. The van der Waals surface area contributed by atoms with E-state index in [0.29, 0.717) is 0 Å². The van der Waals surface area contributed by atoms with Crippen molar-refractivity contribution in [3.05, 3.63) is 75.7 Å². The first kappa shape index (κ1) is 14.5. The molecule has 0 bridgehead atoms. The number of hydrogen-bond donors (Lipinski definition) is 0. The van der Waals surface area contributed by atoms with Gasteiger partial charge in [-0.05, 0) is 59.5 Å². The van der Waals surface area contributed by atoms with Crippen LogP contribution in [0.5, 0.6) is 5.75 Å². The predicted octanol–water partition coefficient (Wildman–Crippen LogP) is 5.17. The van der Waals surface area contributed by atoms with Gasteiger partial charge in [-0.15, -0.1) is 0 Å². The van der Waals surface area contributed by atoms with E-state index in [2.05, 4.69) is 40.4 Å². The van der Waals surface area contributed by atoms with Crippen LogP contribution in [0.2, 0.25) is 0 Å². The molecular weight excluding hydrogens is 274 g/mol. The molecule has 4 heteroatoms. The first-order valence-corrected chi connectivity index (χ1v) is 7.59. The fourth-order valence-electron chi connectivity index (χ4n) is 3.34. The summed E-state index contributed by atoms with van der Waals surface area (Å²) in [5, 5.41) is 4.13. The van der Waals surface area contributed by atoms with Crippen LogP contribution < -0.4 is 4.74 Å². The van der Waals surface area contributed by atoms with E-state index in [1.165, 1.54) is 16.7 Å². The summed E-state index contributed by atoms with van der Waals surface area (Å²) in [5.41, 5.74) is 12.7. The van der Waals surface area contributed by atoms with Crippen molar-refractivity contribution >= 4 is 0 Å². The molecule has 0 unspecified atom stereocenters. The Bertz CT molecular complexity index is 690. The Hall–Kier alpha value is -2.45. The number of hydrogen-bond acceptors (Lipinski definition) is 2. The zero-order chi connectivity index (χ0) is 15.4. The third-order valence-electron chi connectivity index (χ3n) is 4.44. The molecule has 2 aromatic rings. The number of benzene rings is 2. The van der Waals surface area contributed by atoms with Crippen molar-refractivity contribution in [1.29, 1.82) is 0 Å². The van der Waals surface area contributed by atoms with Crippen molar-refractivity contribution in [2.45, 2.75) is 31.2 Å². The van der Waals surface area contributed by atoms with Crippen LogP contribution in [-0.4, -0.2) is 7.11 Å². The number of methoxy groups -OCH3 is 1. The van der Waals surface area contributed by atoms with Crippen LogP contribution >= 0.6 is 0 Å². The van der Waals surface area contributed by atoms with Gasteiger partial charge in [0.05, 0.1) is 13.2 Å². The highest BCUT2D eigenvalue weighted by molar-refractivity contribution is 5.37. The van der Waals surface area contributed by atoms with Crippen LogP contribution in [0.15, 0.2) is 53.6 Å². The standard InChI is InChI=1S/C18H19N3O/c1-22-15-11-9-14(10-12-15)17-8-4-6-13-5-2-3-7-16(13)18(17)20-21-19/h2-3,5,7,9-12,17-18H,4,6,8H2,1H3/t17-,18+/m1/s1. The lowest BCUT2D eigenvalue weighted by molar-refractivity contribution is 0.414. The molecule has 0 fully saturated rings. The van der Waals surface area contributed by atoms with Crippen LogP contribution in [0.4, 0.5) is 0 Å². The second-order valence-electron chi connectivity index (χ2n) is 5.62. The van der Waals surface area contributed by atoms with E-state index in [1.54, 1.807) is 7.11 Å². The zero-order valence-corrected chi connectivity index (χ0v) is 12.6. The number of azide groups is 1. The predicted molar refractivity (Wildman–Crippen MR) is 87.0 cm³/mol. The maximum absolute atomic E-state index is 9.02. The van der Waals surface area contributed by atoms with E-state index in [-0.39, 0.29) is 12.0 Å². The van der Waals surface area contributed by atoms with Crippen molar-refractivity contribution in [1.82, 2.24) is 0 Å². The Morgan fingerprint density at radius 1 is 1.14 bits per heavy atom. The molecule has 3 rings (SSSR count). The number of nitrogens with zero attached hydrogens (tertiary/aromatic N) is 3. The summed E-state index contributed by atoms with van der Waals surface area (Å²) in [6, 6.07) is 16.3. The van der Waals surface area contributed by atoms with Crippen LogP contribution in [-0.2, 0) is 6.42 Å². The molecule has 2 aromatic carbocycles. The van der Waals surface area contributed by atoms with Gasteiger partial charge in [-0.25, -0.2) is 0 Å². The van der Waals surface area contributed by atoms with Crippen LogP contribution in [0, 0.1) is 0 Å². The average Bonchev–Trinajstić information content (AvgIpc) is 2.75. The molecule has 2 atom stereocenters. The van der Waals surface area contributed by atoms with Crippen molar-refractivity contribution in [2.75, 3.05) is 7.11 Å². The van der Waals surface area contributed by atoms with Gasteiger partial charge in [-0.1, -0.05) is 41.5 Å². The maximum atomic E-state index is 9.02. The molecule has 0 aromatic heterocycles. The summed E-state index contributed by atoms with van der Waals surface area (Å²) in [4.78, 5) is 3.11. The van der Waals surface area contributed by atoms with Crippen molar-refractivity contribution in [3.8, 4) is 5.75 Å². The summed E-state index contributed by atoms with van der Waals surface area (Å²) >= 11 is 0. The highest BCUT2D eigenvalue weighted by Gasteiger charge is 2.28. The van der Waals surface area contributed by atoms with Crippen LogP contribution in [0.3, 0.4) is 0 Å². The maximum Gasteiger partial charge on any atom is 0.118 e. The molecular formula is C18H19N3O. The highest BCUT2D eigenvalue weighted by Crippen LogP contribution is 2.42. The normalized spacial score (nSPS) is 20.4. The highest BCUT2D eigenvalue weighted by atomic mass is 16.5. The lowest BCUT2D eigenvalue weighted by Crippen LogP contribution is -2.08. The Balaban J connectivity index is 2.03. The molecule has 1 aliphatic rings. The van der Waals surface area contributed by atoms with Gasteiger partial charge in [0.25, 0.3) is 0 Å². The fraction of sp³-hybridized carbons (Fsp3) is 0.333. The molecule has 22 heavy (non-hydrogen) atoms. The minimum atomic E-state index is -0.142. The first-order valence-electron chi connectivity index (χ1n) is 7.59. The van der Waals surface area contributed by atoms with E-state index in [0.717, 1.165) is 25.0 Å². The fourth-order valence-corrected chi connectivity index (χ4v) is 3.34. The van der Waals surface area contributed by atoms with Crippen molar-refractivity contribution in [3.63, 3.8) is 0 Å². The van der Waals surface area contributed by atoms with Gasteiger partial charge < -0.3 is 4.74 Å². The Kier molecular flexibility index (Phi) is 4.31. The Labute approximate surface area is 130 Å². The van der Waals surface area contributed by atoms with Crippen molar-refractivity contribution < 1.29 is 4.74 Å². The molecule has 0 heterocycles. The number of ether oxygens (including phenoxy) is 1. The van der Waals surface area contributed by atoms with Gasteiger partial charge in [0.15, 0.2) is 0 Å². The Morgan fingerprint density at radius 2 is 1.91 bits per heavy atom. The quantitative estimate of drug-likeness (QED) is 0.333. The summed E-state index contributed by atoms with van der Waals surface area (Å²) in [6.45, 7) is 0. The lowest BCUT2D eigenvalue weighted by atomic mass is 9.85. The topological polar surface area (TPSA) is 58.0 Å². The second-order valence-corrected chi connectivity index (χ2v) is 5.62. The van der Waals surface area contributed by atoms with Crippen molar-refractivity contribution in [2.24, 2.45) is 5.11 Å². The SMILES string of the molecule is COc1ccc([C@H]2CCCc3ccccc3[C@@H]2N=[N+]=[N-])cc1. The largest absolute Gasteiger partial charge is 0.497 e. The summed E-state index contributed by atoms with van der Waals surface area (Å²) in [6.07, 6.45) is 3.16. The monoisotopic (exact) mass is 293 g/mol. The molecule has 4 nitrogen and oxygen atoms in total. The molecule has 0 N–H and O–H groups in total. The van der Waals surface area contributed by atoms with Crippen LogP contribution in [0.25, 0.3) is 10.4 Å². The van der Waals surface area contributed by atoms with E-state index in [1.807, 2.05) is 18.2 Å². The molecule has 0 amide bonds. The minimum absolute atomic E-state index is 0.142. The van der Waals surface area contributed by atoms with Gasteiger partial charge in [0.1, 0.15) is 5.75 Å². The summed E-state index contributed by atoms with van der Waals surface area (Å²) < 4.78 is 5.23. The number of rotatable bonds is 3. The second kappa shape index (κ2) is 6.54. The molecule has 0 radical (unpaired) electrons. The first-order chi connectivity index (χ1) is 10.8. The van der Waals surface area contributed by atoms with E-state index in [9.17, 15) is 0 Å². The van der Waals surface area contributed by atoms with Gasteiger partial charge in [-0.3, -0.25) is 0 Å². The average molecular weight is 293 g/mol. The van der Waals surface area contributed by atoms with Gasteiger partial charge in [0.2, 0.25) is 0 Å². The number of aryl methyl sites for hydroxylation is 1. The van der Waals surface area contributed by atoms with E-state index in [4.69, 9.17) is 10.3 Å². The van der Waals surface area contributed by atoms with E-state index >= 15 is 0 Å². The van der Waals surface area contributed by atoms with Gasteiger partial charge in [-0.2, -0.15) is 0 Å². The van der Waals surface area contributed by atoms with Crippen LogP contribution in [0.1, 0.15) is 41.5 Å². The number of fused-ring (bicyclic) bond motifs is 1. The molecule has 0 spiro atoms. The zero-order valence-electron chi connectivity index (χ0n) is 12.6. The van der Waals surface area contributed by atoms with Gasteiger partial charge in [0, 0.05) is 4.91 Å². The molecule has 1 aliphatic carbocycles. The molecule has 0 aliphatic heterocycles. The Morgan fingerprint density at radius 3 is 2.64 bits per heavy atom. The molecule has 112 valence electrons. The smallest absolute Gasteiger partial charge is 0.118 e. The van der Waals surface area contributed by atoms with E-state index < -0.39 is 0 Å².